The Bertz CT molecular complexity index is 554. The molecule has 0 unspecified atom stereocenters. The minimum atomic E-state index is 1.22. The average Bonchev–Trinajstić information content (AvgIpc) is 2.63. The van der Waals surface area contributed by atoms with Crippen LogP contribution in [0.3, 0.4) is 0 Å². The van der Waals surface area contributed by atoms with Crippen LogP contribution in [0.25, 0.3) is 24.3 Å². The molecule has 1 aromatic rings. The van der Waals surface area contributed by atoms with E-state index < -0.39 is 0 Å². The number of benzene rings is 1. The smallest absolute Gasteiger partial charge is 0.00668 e. The van der Waals surface area contributed by atoms with Crippen LogP contribution in [0, 0.1) is 0 Å². The SMILES string of the molecule is CC1=Cc2cc3c(cc2=[C]1)C=CC=3. The van der Waals surface area contributed by atoms with Crippen LogP contribution in [-0.2, 0) is 0 Å². The van der Waals surface area contributed by atoms with Gasteiger partial charge in [-0.1, -0.05) is 24.3 Å². The fourth-order valence-electron chi connectivity index (χ4n) is 1.90. The topological polar surface area (TPSA) is 0 Å². The lowest BCUT2D eigenvalue weighted by Crippen LogP contribution is -2.12. The van der Waals surface area contributed by atoms with Crippen molar-refractivity contribution in [2.75, 3.05) is 0 Å². The third-order valence-electron chi connectivity index (χ3n) is 2.51. The van der Waals surface area contributed by atoms with Crippen molar-refractivity contribution in [3.05, 3.63) is 45.3 Å². The van der Waals surface area contributed by atoms with Crippen molar-refractivity contribution in [2.45, 2.75) is 6.92 Å². The zero-order valence-corrected chi connectivity index (χ0v) is 7.46. The normalized spacial score (nSPS) is 15.9. The number of fused-ring (bicyclic) bond motifs is 2. The first-order valence-corrected chi connectivity index (χ1v) is 4.48. The lowest BCUT2D eigenvalue weighted by Gasteiger charge is -1.94. The Morgan fingerprint density at radius 1 is 1.15 bits per heavy atom. The maximum absolute atomic E-state index is 3.34. The molecule has 0 nitrogen and oxygen atoms in total. The molecule has 0 heteroatoms. The van der Waals surface area contributed by atoms with E-state index in [4.69, 9.17) is 0 Å². The van der Waals surface area contributed by atoms with Crippen molar-refractivity contribution in [2.24, 2.45) is 0 Å². The highest BCUT2D eigenvalue weighted by Gasteiger charge is 2.04. The molecule has 0 aliphatic heterocycles. The fourth-order valence-corrected chi connectivity index (χ4v) is 1.90. The van der Waals surface area contributed by atoms with Crippen molar-refractivity contribution in [3.8, 4) is 0 Å². The van der Waals surface area contributed by atoms with Gasteiger partial charge in [-0.3, -0.25) is 0 Å². The number of rotatable bonds is 0. The van der Waals surface area contributed by atoms with E-state index >= 15 is 0 Å². The van der Waals surface area contributed by atoms with Gasteiger partial charge in [-0.2, -0.15) is 0 Å². The summed E-state index contributed by atoms with van der Waals surface area (Å²) >= 11 is 0. The molecule has 0 N–H and O–H groups in total. The number of hydrogen-bond donors (Lipinski definition) is 0. The molecule has 13 heavy (non-hydrogen) atoms. The van der Waals surface area contributed by atoms with Crippen molar-refractivity contribution < 1.29 is 0 Å². The van der Waals surface area contributed by atoms with Crippen LogP contribution in [0.1, 0.15) is 18.1 Å². The molecule has 0 saturated heterocycles. The Kier molecular flexibility index (Phi) is 1.18. The van der Waals surface area contributed by atoms with Gasteiger partial charge in [0.15, 0.2) is 0 Å². The quantitative estimate of drug-likeness (QED) is 0.547. The standard InChI is InChI=1S/C13H9/c1-9-5-12-7-10-3-2-4-11(10)8-13(12)6-9/h2-5,7-8H,1H3. The number of hydrogen-bond acceptors (Lipinski definition) is 0. The molecule has 0 amide bonds. The number of allylic oxidation sites excluding steroid dienone is 2. The molecule has 0 aromatic heterocycles. The molecule has 1 aromatic carbocycles. The predicted molar refractivity (Wildman–Crippen MR) is 56.3 cm³/mol. The van der Waals surface area contributed by atoms with Crippen LogP contribution in [0.4, 0.5) is 0 Å². The van der Waals surface area contributed by atoms with E-state index in [0.29, 0.717) is 0 Å². The Labute approximate surface area is 77.2 Å². The molecule has 0 saturated carbocycles. The summed E-state index contributed by atoms with van der Waals surface area (Å²) in [6.07, 6.45) is 11.9. The summed E-state index contributed by atoms with van der Waals surface area (Å²) in [7, 11) is 0. The minimum Gasteiger partial charge on any atom is -0.0610 e. The summed E-state index contributed by atoms with van der Waals surface area (Å²) in [5, 5.41) is 2.56. The van der Waals surface area contributed by atoms with E-state index in [1.165, 1.54) is 27.1 Å². The van der Waals surface area contributed by atoms with E-state index in [1.807, 2.05) is 0 Å². The van der Waals surface area contributed by atoms with E-state index in [1.54, 1.807) is 0 Å². The van der Waals surface area contributed by atoms with Gasteiger partial charge in [0, 0.05) is 0 Å². The van der Waals surface area contributed by atoms with Crippen LogP contribution < -0.4 is 10.4 Å². The van der Waals surface area contributed by atoms with Gasteiger partial charge in [-0.05, 0) is 52.3 Å². The van der Waals surface area contributed by atoms with Crippen molar-refractivity contribution in [1.29, 1.82) is 0 Å². The summed E-state index contributed by atoms with van der Waals surface area (Å²) in [6.45, 7) is 2.09. The second-order valence-electron chi connectivity index (χ2n) is 3.55. The van der Waals surface area contributed by atoms with E-state index in [2.05, 4.69) is 49.4 Å². The molecule has 3 rings (SSSR count). The van der Waals surface area contributed by atoms with E-state index in [9.17, 15) is 0 Å². The molecule has 2 aliphatic rings. The van der Waals surface area contributed by atoms with Gasteiger partial charge in [-0.15, -0.1) is 0 Å². The molecule has 0 bridgehead atoms. The molecular weight excluding hydrogens is 156 g/mol. The first kappa shape index (κ1) is 6.90. The molecular formula is C13H9. The summed E-state index contributed by atoms with van der Waals surface area (Å²) in [5.74, 6) is 0. The van der Waals surface area contributed by atoms with Crippen LogP contribution in [-0.4, -0.2) is 0 Å². The maximum atomic E-state index is 3.34. The van der Waals surface area contributed by atoms with Gasteiger partial charge in [-0.25, -0.2) is 0 Å². The van der Waals surface area contributed by atoms with Gasteiger partial charge >= 0.3 is 0 Å². The average molecular weight is 165 g/mol. The summed E-state index contributed by atoms with van der Waals surface area (Å²) in [4.78, 5) is 0. The van der Waals surface area contributed by atoms with E-state index in [-0.39, 0.29) is 0 Å². The molecule has 61 valence electrons. The zero-order chi connectivity index (χ0) is 8.84. The van der Waals surface area contributed by atoms with Crippen LogP contribution >= 0.6 is 0 Å². The summed E-state index contributed by atoms with van der Waals surface area (Å²) in [6, 6.07) is 4.44. The van der Waals surface area contributed by atoms with Gasteiger partial charge in [0.25, 0.3) is 0 Å². The lowest BCUT2D eigenvalue weighted by molar-refractivity contribution is 1.51. The first-order valence-electron chi connectivity index (χ1n) is 4.48. The monoisotopic (exact) mass is 165 g/mol. The third-order valence-corrected chi connectivity index (χ3v) is 2.51. The Balaban J connectivity index is 2.42. The molecule has 2 aliphatic carbocycles. The second-order valence-corrected chi connectivity index (χ2v) is 3.55. The van der Waals surface area contributed by atoms with Gasteiger partial charge in [0.05, 0.1) is 0 Å². The Morgan fingerprint density at radius 2 is 2.08 bits per heavy atom. The predicted octanol–water partition coefficient (Wildman–Crippen LogP) is 1.57. The molecule has 1 radical (unpaired) electrons. The largest absolute Gasteiger partial charge is 0.0610 e. The highest BCUT2D eigenvalue weighted by atomic mass is 14.1. The summed E-state index contributed by atoms with van der Waals surface area (Å²) in [5.41, 5.74) is 3.84. The van der Waals surface area contributed by atoms with Gasteiger partial charge < -0.3 is 0 Å². The van der Waals surface area contributed by atoms with Crippen molar-refractivity contribution in [3.63, 3.8) is 0 Å². The molecule has 0 atom stereocenters. The van der Waals surface area contributed by atoms with Gasteiger partial charge in [0.2, 0.25) is 0 Å². The van der Waals surface area contributed by atoms with Crippen LogP contribution in [0.2, 0.25) is 0 Å². The summed E-state index contributed by atoms with van der Waals surface area (Å²) < 4.78 is 0. The van der Waals surface area contributed by atoms with Crippen LogP contribution in [0.5, 0.6) is 0 Å². The highest BCUT2D eigenvalue weighted by molar-refractivity contribution is 5.75. The molecule has 0 heterocycles. The lowest BCUT2D eigenvalue weighted by atomic mass is 10.1. The highest BCUT2D eigenvalue weighted by Crippen LogP contribution is 2.11. The van der Waals surface area contributed by atoms with Crippen molar-refractivity contribution in [1.82, 2.24) is 0 Å². The Morgan fingerprint density at radius 3 is 3.00 bits per heavy atom. The van der Waals surface area contributed by atoms with E-state index in [0.717, 1.165) is 0 Å². The first-order chi connectivity index (χ1) is 6.33. The third kappa shape index (κ3) is 0.919. The Hall–Kier alpha value is -1.56. The maximum Gasteiger partial charge on any atom is -0.00668 e. The van der Waals surface area contributed by atoms with Gasteiger partial charge in [0.1, 0.15) is 0 Å². The molecule has 0 fully saturated rings. The van der Waals surface area contributed by atoms with Crippen molar-refractivity contribution >= 4 is 24.3 Å². The van der Waals surface area contributed by atoms with Crippen LogP contribution in [0.15, 0.2) is 23.8 Å². The minimum absolute atomic E-state index is 1.22. The second kappa shape index (κ2) is 2.23. The molecule has 0 spiro atoms. The fraction of sp³-hybridized carbons (Fsp3) is 0.0769. The zero-order valence-electron chi connectivity index (χ0n) is 7.46.